The van der Waals surface area contributed by atoms with Crippen LogP contribution < -0.4 is 5.32 Å². The average Bonchev–Trinajstić information content (AvgIpc) is 2.77. The number of thiophene rings is 1. The summed E-state index contributed by atoms with van der Waals surface area (Å²) < 4.78 is 1.18. The molecule has 0 unspecified atom stereocenters. The Kier molecular flexibility index (Phi) is 3.34. The molecule has 0 aliphatic heterocycles. The summed E-state index contributed by atoms with van der Waals surface area (Å²) in [6.07, 6.45) is 3.73. The van der Waals surface area contributed by atoms with Crippen LogP contribution in [-0.2, 0) is 13.1 Å². The van der Waals surface area contributed by atoms with Gasteiger partial charge < -0.3 is 5.32 Å². The molecule has 0 radical (unpaired) electrons. The van der Waals surface area contributed by atoms with Gasteiger partial charge in [0.05, 0.1) is 9.98 Å². The van der Waals surface area contributed by atoms with E-state index in [0.717, 1.165) is 13.1 Å². The molecule has 14 heavy (non-hydrogen) atoms. The molecule has 74 valence electrons. The van der Waals surface area contributed by atoms with Crippen LogP contribution in [0.25, 0.3) is 0 Å². The van der Waals surface area contributed by atoms with Crippen molar-refractivity contribution >= 4 is 27.3 Å². The molecule has 0 amide bonds. The Bertz CT molecular complexity index is 382. The van der Waals surface area contributed by atoms with Crippen molar-refractivity contribution in [2.45, 2.75) is 13.1 Å². The van der Waals surface area contributed by atoms with Crippen LogP contribution in [0, 0.1) is 0 Å². The van der Waals surface area contributed by atoms with Crippen molar-refractivity contribution in [2.75, 3.05) is 0 Å². The third kappa shape index (κ3) is 2.67. The lowest BCUT2D eigenvalue weighted by Gasteiger charge is -1.99. The molecule has 2 heterocycles. The minimum Gasteiger partial charge on any atom is -0.308 e. The van der Waals surface area contributed by atoms with Crippen molar-refractivity contribution in [1.29, 1.82) is 0 Å². The standard InChI is InChI=1S/C9H10BrN3S/c10-9-2-1-8(14-9)6-11-3-7-4-12-13-5-7/h1-2,4-5,11H,3,6H2,(H,12,13). The van der Waals surface area contributed by atoms with Crippen LogP contribution in [0.5, 0.6) is 0 Å². The summed E-state index contributed by atoms with van der Waals surface area (Å²) in [5, 5.41) is 10.0. The van der Waals surface area contributed by atoms with Crippen molar-refractivity contribution in [2.24, 2.45) is 0 Å². The predicted octanol–water partition coefficient (Wildman–Crippen LogP) is 2.52. The monoisotopic (exact) mass is 271 g/mol. The fourth-order valence-corrected chi connectivity index (χ4v) is 2.60. The third-order valence-electron chi connectivity index (χ3n) is 1.81. The van der Waals surface area contributed by atoms with Crippen LogP contribution in [0.3, 0.4) is 0 Å². The van der Waals surface area contributed by atoms with Gasteiger partial charge in [-0.2, -0.15) is 5.10 Å². The highest BCUT2D eigenvalue weighted by Crippen LogP contribution is 2.21. The fraction of sp³-hybridized carbons (Fsp3) is 0.222. The lowest BCUT2D eigenvalue weighted by Crippen LogP contribution is -2.10. The number of aromatic nitrogens is 2. The molecule has 0 fully saturated rings. The molecule has 5 heteroatoms. The van der Waals surface area contributed by atoms with Crippen molar-refractivity contribution < 1.29 is 0 Å². The second-order valence-corrected chi connectivity index (χ2v) is 5.46. The molecule has 0 saturated carbocycles. The number of nitrogens with one attached hydrogen (secondary N) is 2. The van der Waals surface area contributed by atoms with Gasteiger partial charge in [0.15, 0.2) is 0 Å². The zero-order valence-electron chi connectivity index (χ0n) is 7.46. The summed E-state index contributed by atoms with van der Waals surface area (Å²) in [6, 6.07) is 4.19. The molecular weight excluding hydrogens is 262 g/mol. The van der Waals surface area contributed by atoms with Gasteiger partial charge in [-0.15, -0.1) is 11.3 Å². The van der Waals surface area contributed by atoms with Crippen LogP contribution in [0.4, 0.5) is 0 Å². The highest BCUT2D eigenvalue weighted by atomic mass is 79.9. The largest absolute Gasteiger partial charge is 0.308 e. The van der Waals surface area contributed by atoms with Crippen LogP contribution in [0.15, 0.2) is 28.3 Å². The molecule has 0 aromatic carbocycles. The Balaban J connectivity index is 1.78. The highest BCUT2D eigenvalue weighted by molar-refractivity contribution is 9.11. The highest BCUT2D eigenvalue weighted by Gasteiger charge is 1.97. The minimum absolute atomic E-state index is 0.853. The van der Waals surface area contributed by atoms with Gasteiger partial charge in [0, 0.05) is 29.7 Å². The second-order valence-electron chi connectivity index (χ2n) is 2.92. The van der Waals surface area contributed by atoms with Crippen LogP contribution in [0.1, 0.15) is 10.4 Å². The van der Waals surface area contributed by atoms with Crippen molar-refractivity contribution in [3.05, 3.63) is 38.8 Å². The second kappa shape index (κ2) is 4.72. The van der Waals surface area contributed by atoms with Gasteiger partial charge in [0.2, 0.25) is 0 Å². The lowest BCUT2D eigenvalue weighted by atomic mass is 10.3. The van der Waals surface area contributed by atoms with Gasteiger partial charge in [-0.3, -0.25) is 5.10 Å². The molecule has 2 aromatic heterocycles. The fourth-order valence-electron chi connectivity index (χ4n) is 1.15. The van der Waals surface area contributed by atoms with E-state index in [1.54, 1.807) is 11.3 Å². The van der Waals surface area contributed by atoms with Gasteiger partial charge in [0.1, 0.15) is 0 Å². The molecule has 0 aliphatic carbocycles. The first-order valence-corrected chi connectivity index (χ1v) is 5.88. The predicted molar refractivity (Wildman–Crippen MR) is 61.2 cm³/mol. The quantitative estimate of drug-likeness (QED) is 0.897. The number of H-pyrrole nitrogens is 1. The minimum atomic E-state index is 0.853. The maximum absolute atomic E-state index is 3.88. The maximum Gasteiger partial charge on any atom is 0.0701 e. The van der Waals surface area contributed by atoms with E-state index in [0.29, 0.717) is 0 Å². The number of hydrogen-bond donors (Lipinski definition) is 2. The topological polar surface area (TPSA) is 40.7 Å². The Morgan fingerprint density at radius 2 is 2.36 bits per heavy atom. The molecule has 0 atom stereocenters. The van der Waals surface area contributed by atoms with Gasteiger partial charge in [0.25, 0.3) is 0 Å². The number of aromatic amines is 1. The van der Waals surface area contributed by atoms with E-state index in [9.17, 15) is 0 Å². The summed E-state index contributed by atoms with van der Waals surface area (Å²) >= 11 is 5.19. The smallest absolute Gasteiger partial charge is 0.0701 e. The third-order valence-corrected chi connectivity index (χ3v) is 3.44. The molecule has 0 aliphatic rings. The molecule has 2 aromatic rings. The van der Waals surface area contributed by atoms with E-state index in [1.165, 1.54) is 14.2 Å². The lowest BCUT2D eigenvalue weighted by molar-refractivity contribution is 0.701. The van der Waals surface area contributed by atoms with E-state index >= 15 is 0 Å². The first kappa shape index (κ1) is 9.89. The Morgan fingerprint density at radius 3 is 3.00 bits per heavy atom. The van der Waals surface area contributed by atoms with Crippen LogP contribution >= 0.6 is 27.3 Å². The number of nitrogens with zero attached hydrogens (tertiary/aromatic N) is 1. The van der Waals surface area contributed by atoms with E-state index < -0.39 is 0 Å². The van der Waals surface area contributed by atoms with E-state index in [2.05, 4.69) is 43.6 Å². The van der Waals surface area contributed by atoms with E-state index in [4.69, 9.17) is 0 Å². The van der Waals surface area contributed by atoms with Crippen LogP contribution in [-0.4, -0.2) is 10.2 Å². The Hall–Kier alpha value is -0.650. The maximum atomic E-state index is 3.88. The van der Waals surface area contributed by atoms with Gasteiger partial charge in [-0.1, -0.05) is 0 Å². The summed E-state index contributed by atoms with van der Waals surface area (Å²) in [4.78, 5) is 1.33. The summed E-state index contributed by atoms with van der Waals surface area (Å²) in [5.74, 6) is 0. The van der Waals surface area contributed by atoms with Gasteiger partial charge >= 0.3 is 0 Å². The molecule has 2 rings (SSSR count). The number of rotatable bonds is 4. The summed E-state index contributed by atoms with van der Waals surface area (Å²) in [7, 11) is 0. The Morgan fingerprint density at radius 1 is 1.43 bits per heavy atom. The molecule has 3 nitrogen and oxygen atoms in total. The first-order valence-electron chi connectivity index (χ1n) is 4.27. The van der Waals surface area contributed by atoms with Crippen molar-refractivity contribution in [1.82, 2.24) is 15.5 Å². The zero-order chi connectivity index (χ0) is 9.80. The number of halogens is 1. The molecule has 2 N–H and O–H groups in total. The molecule has 0 bridgehead atoms. The first-order chi connectivity index (χ1) is 6.84. The van der Waals surface area contributed by atoms with Crippen molar-refractivity contribution in [3.63, 3.8) is 0 Å². The summed E-state index contributed by atoms with van der Waals surface area (Å²) in [5.41, 5.74) is 1.18. The summed E-state index contributed by atoms with van der Waals surface area (Å²) in [6.45, 7) is 1.76. The molecule has 0 saturated heterocycles. The zero-order valence-corrected chi connectivity index (χ0v) is 9.86. The van der Waals surface area contributed by atoms with E-state index in [1.807, 2.05) is 12.4 Å². The normalized spacial score (nSPS) is 10.6. The van der Waals surface area contributed by atoms with Crippen molar-refractivity contribution in [3.8, 4) is 0 Å². The molecule has 0 spiro atoms. The average molecular weight is 272 g/mol. The SMILES string of the molecule is Brc1ccc(CNCc2cn[nH]c2)s1. The van der Waals surface area contributed by atoms with Gasteiger partial charge in [-0.25, -0.2) is 0 Å². The molecular formula is C9H10BrN3S. The van der Waals surface area contributed by atoms with E-state index in [-0.39, 0.29) is 0 Å². The van der Waals surface area contributed by atoms with Gasteiger partial charge in [-0.05, 0) is 28.1 Å². The number of hydrogen-bond acceptors (Lipinski definition) is 3. The Labute approximate surface area is 94.7 Å². The van der Waals surface area contributed by atoms with Crippen LogP contribution in [0.2, 0.25) is 0 Å².